The van der Waals surface area contributed by atoms with E-state index in [2.05, 4.69) is 23.6 Å². The highest BCUT2D eigenvalue weighted by Crippen LogP contribution is 2.25. The topological polar surface area (TPSA) is 23.5 Å². The monoisotopic (exact) mass is 253 g/mol. The van der Waals surface area contributed by atoms with Crippen LogP contribution in [-0.4, -0.2) is 11.7 Å². The Morgan fingerprint density at radius 2 is 1.84 bits per heavy atom. The van der Waals surface area contributed by atoms with Gasteiger partial charge in [0.15, 0.2) is 0 Å². The summed E-state index contributed by atoms with van der Waals surface area (Å²) >= 11 is 0. The number of hydrogen-bond acceptors (Lipinski definition) is 2. The number of phenols is 1. The van der Waals surface area contributed by atoms with Crippen molar-refractivity contribution in [2.75, 3.05) is 11.4 Å². The van der Waals surface area contributed by atoms with Gasteiger partial charge in [0.05, 0.1) is 0 Å². The lowest BCUT2D eigenvalue weighted by Gasteiger charge is -2.24. The van der Waals surface area contributed by atoms with Gasteiger partial charge < -0.3 is 10.0 Å². The van der Waals surface area contributed by atoms with Gasteiger partial charge in [0, 0.05) is 24.3 Å². The molecule has 2 aromatic carbocycles. The molecule has 0 saturated heterocycles. The Bertz CT molecular complexity index is 548. The molecule has 19 heavy (non-hydrogen) atoms. The molecule has 2 aromatic rings. The van der Waals surface area contributed by atoms with Crippen LogP contribution in [-0.2, 0) is 6.54 Å². The maximum Gasteiger partial charge on any atom is 0.123 e. The van der Waals surface area contributed by atoms with Gasteiger partial charge in [-0.3, -0.25) is 0 Å². The lowest BCUT2D eigenvalue weighted by molar-refractivity contribution is 0.463. The molecule has 1 N–H and O–H groups in total. The highest BCUT2D eigenvalue weighted by molar-refractivity contribution is 5.49. The first-order valence-corrected chi connectivity index (χ1v) is 6.40. The van der Waals surface area contributed by atoms with Crippen LogP contribution in [0.15, 0.2) is 61.2 Å². The fourth-order valence-corrected chi connectivity index (χ4v) is 2.11. The number of aromatic hydroxyl groups is 1. The van der Waals surface area contributed by atoms with Crippen molar-refractivity contribution in [3.05, 3.63) is 72.3 Å². The molecule has 0 radical (unpaired) electrons. The molecule has 2 nitrogen and oxygen atoms in total. The van der Waals surface area contributed by atoms with E-state index < -0.39 is 0 Å². The largest absolute Gasteiger partial charge is 0.507 e. The number of anilines is 1. The van der Waals surface area contributed by atoms with Crippen LogP contribution in [0.1, 0.15) is 11.1 Å². The third-order valence-corrected chi connectivity index (χ3v) is 3.15. The quantitative estimate of drug-likeness (QED) is 0.817. The molecule has 2 rings (SSSR count). The third kappa shape index (κ3) is 3.16. The van der Waals surface area contributed by atoms with Crippen LogP contribution in [0.5, 0.6) is 5.75 Å². The highest BCUT2D eigenvalue weighted by Gasteiger charge is 2.09. The minimum absolute atomic E-state index is 0.382. The van der Waals surface area contributed by atoms with Crippen LogP contribution in [0.3, 0.4) is 0 Å². The molecule has 0 aliphatic heterocycles. The van der Waals surface area contributed by atoms with Crippen molar-refractivity contribution in [2.45, 2.75) is 13.5 Å². The number of rotatable bonds is 5. The molecule has 0 unspecified atom stereocenters. The molecule has 0 aromatic heterocycles. The van der Waals surface area contributed by atoms with Crippen molar-refractivity contribution < 1.29 is 5.11 Å². The molecule has 0 saturated carbocycles. The van der Waals surface area contributed by atoms with Gasteiger partial charge in [-0.1, -0.05) is 42.5 Å². The summed E-state index contributed by atoms with van der Waals surface area (Å²) < 4.78 is 0. The zero-order valence-electron chi connectivity index (χ0n) is 11.2. The SMILES string of the molecule is C=CCN(Cc1cccc(C)c1O)c1ccccc1. The zero-order valence-corrected chi connectivity index (χ0v) is 11.2. The van der Waals surface area contributed by atoms with E-state index in [4.69, 9.17) is 0 Å². The number of hydrogen-bond donors (Lipinski definition) is 1. The molecule has 0 bridgehead atoms. The van der Waals surface area contributed by atoms with Gasteiger partial charge >= 0.3 is 0 Å². The maximum absolute atomic E-state index is 10.1. The Hall–Kier alpha value is -2.22. The van der Waals surface area contributed by atoms with Crippen molar-refractivity contribution in [3.8, 4) is 5.75 Å². The smallest absolute Gasteiger partial charge is 0.123 e. The fraction of sp³-hybridized carbons (Fsp3) is 0.176. The first-order chi connectivity index (χ1) is 9.22. The van der Waals surface area contributed by atoms with Gasteiger partial charge in [0.2, 0.25) is 0 Å². The summed E-state index contributed by atoms with van der Waals surface area (Å²) in [7, 11) is 0. The first kappa shape index (κ1) is 13.2. The van der Waals surface area contributed by atoms with Crippen molar-refractivity contribution in [2.24, 2.45) is 0 Å². The second kappa shape index (κ2) is 6.10. The Balaban J connectivity index is 2.26. The van der Waals surface area contributed by atoms with Crippen molar-refractivity contribution in [3.63, 3.8) is 0 Å². The molecule has 0 fully saturated rings. The predicted molar refractivity (Wildman–Crippen MR) is 80.5 cm³/mol. The standard InChI is InChI=1S/C17H19NO/c1-3-12-18(16-10-5-4-6-11-16)13-15-9-7-8-14(2)17(15)19/h3-11,19H,1,12-13H2,2H3. The molecule has 0 heterocycles. The molecule has 2 heteroatoms. The van der Waals surface area contributed by atoms with E-state index in [0.29, 0.717) is 12.3 Å². The third-order valence-electron chi connectivity index (χ3n) is 3.15. The molecule has 0 amide bonds. The normalized spacial score (nSPS) is 10.2. The minimum Gasteiger partial charge on any atom is -0.507 e. The summed E-state index contributed by atoms with van der Waals surface area (Å²) in [5.41, 5.74) is 2.97. The van der Waals surface area contributed by atoms with E-state index in [-0.39, 0.29) is 0 Å². The Morgan fingerprint density at radius 3 is 2.53 bits per heavy atom. The number of benzene rings is 2. The van der Waals surface area contributed by atoms with Gasteiger partial charge in [-0.2, -0.15) is 0 Å². The molecule has 0 aliphatic carbocycles. The van der Waals surface area contributed by atoms with Gasteiger partial charge in [0.25, 0.3) is 0 Å². The van der Waals surface area contributed by atoms with Crippen molar-refractivity contribution >= 4 is 5.69 Å². The van der Waals surface area contributed by atoms with E-state index in [0.717, 1.165) is 23.4 Å². The van der Waals surface area contributed by atoms with Crippen LogP contribution in [0, 0.1) is 6.92 Å². The second-order valence-electron chi connectivity index (χ2n) is 4.59. The highest BCUT2D eigenvalue weighted by atomic mass is 16.3. The van der Waals surface area contributed by atoms with Crippen LogP contribution < -0.4 is 4.90 Å². The Morgan fingerprint density at radius 1 is 1.11 bits per heavy atom. The number of phenolic OH excluding ortho intramolecular Hbond substituents is 1. The number of aryl methyl sites for hydroxylation is 1. The predicted octanol–water partition coefficient (Wildman–Crippen LogP) is 3.89. The molecule has 0 spiro atoms. The van der Waals surface area contributed by atoms with E-state index in [9.17, 15) is 5.11 Å². The van der Waals surface area contributed by atoms with E-state index in [1.807, 2.05) is 49.4 Å². The number of nitrogens with zero attached hydrogens (tertiary/aromatic N) is 1. The lowest BCUT2D eigenvalue weighted by Crippen LogP contribution is -2.22. The van der Waals surface area contributed by atoms with Gasteiger partial charge in [0.1, 0.15) is 5.75 Å². The van der Waals surface area contributed by atoms with Crippen molar-refractivity contribution in [1.82, 2.24) is 0 Å². The Kier molecular flexibility index (Phi) is 4.24. The van der Waals surface area contributed by atoms with E-state index in [1.54, 1.807) is 0 Å². The second-order valence-corrected chi connectivity index (χ2v) is 4.59. The summed E-state index contributed by atoms with van der Waals surface area (Å²) in [5, 5.41) is 10.1. The van der Waals surface area contributed by atoms with Crippen LogP contribution in [0.25, 0.3) is 0 Å². The summed E-state index contributed by atoms with van der Waals surface area (Å²) in [6.07, 6.45) is 1.87. The van der Waals surface area contributed by atoms with Gasteiger partial charge in [-0.15, -0.1) is 6.58 Å². The molecular formula is C17H19NO. The molecular weight excluding hydrogens is 234 g/mol. The van der Waals surface area contributed by atoms with Gasteiger partial charge in [-0.25, -0.2) is 0 Å². The molecule has 0 aliphatic rings. The lowest BCUT2D eigenvalue weighted by atomic mass is 10.1. The van der Waals surface area contributed by atoms with Gasteiger partial charge in [-0.05, 0) is 24.6 Å². The molecule has 98 valence electrons. The summed E-state index contributed by atoms with van der Waals surface area (Å²) in [6.45, 7) is 7.14. The molecule has 0 atom stereocenters. The van der Waals surface area contributed by atoms with Crippen LogP contribution in [0.2, 0.25) is 0 Å². The summed E-state index contributed by atoms with van der Waals surface area (Å²) in [5.74, 6) is 0.382. The van der Waals surface area contributed by atoms with Crippen LogP contribution in [0.4, 0.5) is 5.69 Å². The van der Waals surface area contributed by atoms with Crippen LogP contribution >= 0.6 is 0 Å². The summed E-state index contributed by atoms with van der Waals surface area (Å²) in [4.78, 5) is 2.18. The first-order valence-electron chi connectivity index (χ1n) is 6.40. The Labute approximate surface area is 114 Å². The average molecular weight is 253 g/mol. The van der Waals surface area contributed by atoms with Crippen molar-refractivity contribution in [1.29, 1.82) is 0 Å². The number of para-hydroxylation sites is 2. The fourth-order valence-electron chi connectivity index (χ4n) is 2.11. The summed E-state index contributed by atoms with van der Waals surface area (Å²) in [6, 6.07) is 16.0. The maximum atomic E-state index is 10.1. The van der Waals surface area contributed by atoms with E-state index in [1.165, 1.54) is 0 Å². The minimum atomic E-state index is 0.382. The van der Waals surface area contributed by atoms with E-state index >= 15 is 0 Å². The zero-order chi connectivity index (χ0) is 13.7. The average Bonchev–Trinajstić information content (AvgIpc) is 2.44.